The van der Waals surface area contributed by atoms with Crippen molar-refractivity contribution in [2.45, 2.75) is 38.8 Å². The molecule has 1 unspecified atom stereocenters. The summed E-state index contributed by atoms with van der Waals surface area (Å²) in [5, 5.41) is 0.223. The van der Waals surface area contributed by atoms with Crippen LogP contribution in [0.1, 0.15) is 27.2 Å². The van der Waals surface area contributed by atoms with Crippen LogP contribution < -0.4 is 4.90 Å². The lowest BCUT2D eigenvalue weighted by Crippen LogP contribution is -2.39. The van der Waals surface area contributed by atoms with Crippen molar-refractivity contribution in [3.8, 4) is 0 Å². The van der Waals surface area contributed by atoms with Crippen LogP contribution in [0.25, 0.3) is 0 Å². The maximum absolute atomic E-state index is 12.1. The van der Waals surface area contributed by atoms with Crippen LogP contribution in [-0.4, -0.2) is 52.7 Å². The van der Waals surface area contributed by atoms with Gasteiger partial charge in [-0.3, -0.25) is 0 Å². The first-order valence-electron chi connectivity index (χ1n) is 6.95. The van der Waals surface area contributed by atoms with Gasteiger partial charge >= 0.3 is 6.09 Å². The third kappa shape index (κ3) is 4.20. The van der Waals surface area contributed by atoms with Gasteiger partial charge in [-0.25, -0.2) is 14.8 Å². The highest BCUT2D eigenvalue weighted by atomic mass is 35.5. The van der Waals surface area contributed by atoms with Gasteiger partial charge < -0.3 is 14.5 Å². The molecular weight excluding hydrogens is 292 g/mol. The highest BCUT2D eigenvalue weighted by molar-refractivity contribution is 6.28. The van der Waals surface area contributed by atoms with Gasteiger partial charge in [0.05, 0.1) is 0 Å². The SMILES string of the molecule is CN(c1ccnc(Cl)n1)C1CCN(C(=O)OC(C)(C)C)C1. The number of carbonyl (C=O) groups is 1. The van der Waals surface area contributed by atoms with Crippen molar-refractivity contribution in [1.29, 1.82) is 0 Å². The molecule has 1 aliphatic rings. The number of rotatable bonds is 2. The number of likely N-dealkylation sites (tertiary alicyclic amines) is 1. The Morgan fingerprint density at radius 3 is 2.86 bits per heavy atom. The van der Waals surface area contributed by atoms with E-state index >= 15 is 0 Å². The molecule has 7 heteroatoms. The summed E-state index contributed by atoms with van der Waals surface area (Å²) in [5.74, 6) is 0.756. The number of halogens is 1. The molecule has 2 rings (SSSR count). The Bertz CT molecular complexity index is 518. The maximum Gasteiger partial charge on any atom is 0.410 e. The smallest absolute Gasteiger partial charge is 0.410 e. The molecule has 6 nitrogen and oxygen atoms in total. The number of anilines is 1. The molecule has 0 aromatic carbocycles. The molecule has 0 spiro atoms. The van der Waals surface area contributed by atoms with Crippen molar-refractivity contribution in [3.63, 3.8) is 0 Å². The summed E-state index contributed by atoms with van der Waals surface area (Å²) in [6.45, 7) is 6.91. The van der Waals surface area contributed by atoms with Gasteiger partial charge in [0.25, 0.3) is 0 Å². The molecule has 2 heterocycles. The van der Waals surface area contributed by atoms with E-state index < -0.39 is 5.60 Å². The predicted octanol–water partition coefficient (Wildman–Crippen LogP) is 2.58. The first-order chi connectivity index (χ1) is 9.76. The first kappa shape index (κ1) is 15.8. The summed E-state index contributed by atoms with van der Waals surface area (Å²) in [6, 6.07) is 2.01. The van der Waals surface area contributed by atoms with Gasteiger partial charge in [-0.2, -0.15) is 0 Å². The van der Waals surface area contributed by atoms with Crippen LogP contribution in [0.2, 0.25) is 5.28 Å². The Morgan fingerprint density at radius 1 is 1.52 bits per heavy atom. The van der Waals surface area contributed by atoms with Gasteiger partial charge in [0.15, 0.2) is 0 Å². The largest absolute Gasteiger partial charge is 0.444 e. The number of aromatic nitrogens is 2. The topological polar surface area (TPSA) is 58.6 Å². The van der Waals surface area contributed by atoms with Crippen molar-refractivity contribution >= 4 is 23.5 Å². The fraction of sp³-hybridized carbons (Fsp3) is 0.643. The third-order valence-electron chi connectivity index (χ3n) is 3.34. The molecule has 21 heavy (non-hydrogen) atoms. The van der Waals surface area contributed by atoms with E-state index in [2.05, 4.69) is 9.97 Å². The summed E-state index contributed by atoms with van der Waals surface area (Å²) in [5.41, 5.74) is -0.471. The number of amides is 1. The quantitative estimate of drug-likeness (QED) is 0.786. The Balaban J connectivity index is 1.97. The minimum Gasteiger partial charge on any atom is -0.444 e. The molecule has 0 bridgehead atoms. The van der Waals surface area contributed by atoms with Crippen molar-refractivity contribution in [1.82, 2.24) is 14.9 Å². The van der Waals surface area contributed by atoms with Crippen LogP contribution >= 0.6 is 11.6 Å². The van der Waals surface area contributed by atoms with Gasteiger partial charge in [-0.1, -0.05) is 0 Å². The van der Waals surface area contributed by atoms with Crippen molar-refractivity contribution in [2.75, 3.05) is 25.0 Å². The molecule has 1 fully saturated rings. The lowest BCUT2D eigenvalue weighted by atomic mass is 10.2. The lowest BCUT2D eigenvalue weighted by molar-refractivity contribution is 0.0292. The summed E-state index contributed by atoms with van der Waals surface area (Å²) in [6.07, 6.45) is 2.23. The van der Waals surface area contributed by atoms with Crippen molar-refractivity contribution in [2.24, 2.45) is 0 Å². The van der Waals surface area contributed by atoms with Gasteiger partial charge in [-0.15, -0.1) is 0 Å². The Kier molecular flexibility index (Phi) is 4.56. The molecule has 1 aliphatic heterocycles. The lowest BCUT2D eigenvalue weighted by Gasteiger charge is -2.27. The van der Waals surface area contributed by atoms with Crippen molar-refractivity contribution in [3.05, 3.63) is 17.5 Å². The monoisotopic (exact) mass is 312 g/mol. The third-order valence-corrected chi connectivity index (χ3v) is 3.52. The molecule has 1 saturated heterocycles. The van der Waals surface area contributed by atoms with E-state index in [4.69, 9.17) is 16.3 Å². The number of hydrogen-bond acceptors (Lipinski definition) is 5. The Labute approximate surface area is 130 Å². The van der Waals surface area contributed by atoms with Crippen LogP contribution in [0.5, 0.6) is 0 Å². The van der Waals surface area contributed by atoms with E-state index in [-0.39, 0.29) is 17.4 Å². The van der Waals surface area contributed by atoms with E-state index in [1.807, 2.05) is 38.8 Å². The summed E-state index contributed by atoms with van der Waals surface area (Å²) >= 11 is 5.81. The Hall–Kier alpha value is -1.56. The summed E-state index contributed by atoms with van der Waals surface area (Å²) < 4.78 is 5.40. The number of hydrogen-bond donors (Lipinski definition) is 0. The molecule has 1 aromatic rings. The highest BCUT2D eigenvalue weighted by Crippen LogP contribution is 2.22. The number of nitrogens with zero attached hydrogens (tertiary/aromatic N) is 4. The second-order valence-corrected chi connectivity index (χ2v) is 6.50. The van der Waals surface area contributed by atoms with Gasteiger partial charge in [-0.05, 0) is 44.9 Å². The zero-order valence-electron chi connectivity index (χ0n) is 12.8. The zero-order chi connectivity index (χ0) is 15.6. The van der Waals surface area contributed by atoms with E-state index in [1.165, 1.54) is 0 Å². The number of carbonyl (C=O) groups excluding carboxylic acids is 1. The molecule has 1 amide bonds. The molecule has 1 aromatic heterocycles. The molecule has 0 radical (unpaired) electrons. The van der Waals surface area contributed by atoms with Crippen LogP contribution in [-0.2, 0) is 4.74 Å². The number of ether oxygens (including phenoxy) is 1. The summed E-state index contributed by atoms with van der Waals surface area (Å²) in [4.78, 5) is 23.9. The molecule has 0 saturated carbocycles. The van der Waals surface area contributed by atoms with Crippen LogP contribution in [0.4, 0.5) is 10.6 Å². The minimum absolute atomic E-state index is 0.198. The fourth-order valence-electron chi connectivity index (χ4n) is 2.26. The highest BCUT2D eigenvalue weighted by Gasteiger charge is 2.32. The average molecular weight is 313 g/mol. The van der Waals surface area contributed by atoms with Crippen LogP contribution in [0.3, 0.4) is 0 Å². The second kappa shape index (κ2) is 6.05. The predicted molar refractivity (Wildman–Crippen MR) is 81.7 cm³/mol. The van der Waals surface area contributed by atoms with E-state index in [9.17, 15) is 4.79 Å². The zero-order valence-corrected chi connectivity index (χ0v) is 13.6. The van der Waals surface area contributed by atoms with Gasteiger partial charge in [0.2, 0.25) is 5.28 Å². The van der Waals surface area contributed by atoms with E-state index in [0.717, 1.165) is 12.2 Å². The first-order valence-corrected chi connectivity index (χ1v) is 7.33. The van der Waals surface area contributed by atoms with Crippen LogP contribution in [0, 0.1) is 0 Å². The maximum atomic E-state index is 12.1. The van der Waals surface area contributed by atoms with Crippen molar-refractivity contribution < 1.29 is 9.53 Å². The fourth-order valence-corrected chi connectivity index (χ4v) is 2.40. The van der Waals surface area contributed by atoms with E-state index in [1.54, 1.807) is 11.1 Å². The minimum atomic E-state index is -0.471. The molecule has 1 atom stereocenters. The average Bonchev–Trinajstić information content (AvgIpc) is 2.85. The Morgan fingerprint density at radius 2 is 2.24 bits per heavy atom. The summed E-state index contributed by atoms with van der Waals surface area (Å²) in [7, 11) is 1.95. The van der Waals surface area contributed by atoms with Crippen LogP contribution in [0.15, 0.2) is 12.3 Å². The molecular formula is C14H21ClN4O2. The standard InChI is InChI=1S/C14H21ClN4O2/c1-14(2,3)21-13(20)19-8-6-10(9-19)18(4)11-5-7-16-12(15)17-11/h5,7,10H,6,8-9H2,1-4H3. The molecule has 116 valence electrons. The molecule has 0 aliphatic carbocycles. The molecule has 0 N–H and O–H groups in total. The van der Waals surface area contributed by atoms with E-state index in [0.29, 0.717) is 13.1 Å². The second-order valence-electron chi connectivity index (χ2n) is 6.16. The van der Waals surface area contributed by atoms with Gasteiger partial charge in [0, 0.05) is 32.4 Å². The van der Waals surface area contributed by atoms with Gasteiger partial charge in [0.1, 0.15) is 11.4 Å². The number of likely N-dealkylation sites (N-methyl/N-ethyl adjacent to an activating group) is 1. The normalized spacial score (nSPS) is 18.7.